The first kappa shape index (κ1) is 18.0. The molecule has 0 radical (unpaired) electrons. The molecule has 1 aliphatic rings. The van der Waals surface area contributed by atoms with Gasteiger partial charge in [0.05, 0.1) is 18.2 Å². The third kappa shape index (κ3) is 2.94. The lowest BCUT2D eigenvalue weighted by Gasteiger charge is -2.28. The molecule has 7 heteroatoms. The van der Waals surface area contributed by atoms with Crippen LogP contribution in [0.4, 0.5) is 0 Å². The lowest BCUT2D eigenvalue weighted by molar-refractivity contribution is -0.141. The highest BCUT2D eigenvalue weighted by atomic mass is 16.5. The maximum atomic E-state index is 13.1. The van der Waals surface area contributed by atoms with Gasteiger partial charge in [-0.25, -0.2) is 4.79 Å². The zero-order chi connectivity index (χ0) is 18.8. The number of hydrogen-bond donors (Lipinski definition) is 1. The fourth-order valence-corrected chi connectivity index (χ4v) is 3.56. The Balaban J connectivity index is 2.22. The SMILES string of the molecule is CCCCN1CCc2c(n(CC(=O)OC)c3c(C(=O)O)cccc23)C1=O. The molecule has 0 spiro atoms. The van der Waals surface area contributed by atoms with E-state index < -0.39 is 11.9 Å². The molecular weight excluding hydrogens is 336 g/mol. The number of carboxylic acid groups (broad SMARTS) is 1. The number of carboxylic acids is 1. The third-order valence-corrected chi connectivity index (χ3v) is 4.84. The number of rotatable bonds is 6. The van der Waals surface area contributed by atoms with E-state index in [9.17, 15) is 19.5 Å². The second-order valence-corrected chi connectivity index (χ2v) is 6.39. The molecule has 3 rings (SSSR count). The van der Waals surface area contributed by atoms with Gasteiger partial charge in [0, 0.05) is 18.5 Å². The number of aromatic nitrogens is 1. The van der Waals surface area contributed by atoms with E-state index in [0.717, 1.165) is 18.4 Å². The number of nitrogens with zero attached hydrogens (tertiary/aromatic N) is 2. The average Bonchev–Trinajstić information content (AvgIpc) is 2.95. The minimum Gasteiger partial charge on any atom is -0.478 e. The number of carbonyl (C=O) groups is 3. The van der Waals surface area contributed by atoms with E-state index in [4.69, 9.17) is 4.74 Å². The first-order valence-corrected chi connectivity index (χ1v) is 8.73. The molecular formula is C19H22N2O5. The van der Waals surface area contributed by atoms with Crippen molar-refractivity contribution >= 4 is 28.7 Å². The highest BCUT2D eigenvalue weighted by Gasteiger charge is 2.32. The van der Waals surface area contributed by atoms with Crippen molar-refractivity contribution in [3.63, 3.8) is 0 Å². The average molecular weight is 358 g/mol. The van der Waals surface area contributed by atoms with E-state index in [1.165, 1.54) is 17.7 Å². The summed E-state index contributed by atoms with van der Waals surface area (Å²) in [5, 5.41) is 10.3. The largest absolute Gasteiger partial charge is 0.478 e. The molecule has 138 valence electrons. The molecule has 1 N–H and O–H groups in total. The molecule has 7 nitrogen and oxygen atoms in total. The van der Waals surface area contributed by atoms with Gasteiger partial charge in [-0.2, -0.15) is 0 Å². The first-order valence-electron chi connectivity index (χ1n) is 8.73. The Morgan fingerprint density at radius 2 is 2.08 bits per heavy atom. The molecule has 1 aromatic heterocycles. The summed E-state index contributed by atoms with van der Waals surface area (Å²) in [4.78, 5) is 38.5. The van der Waals surface area contributed by atoms with Gasteiger partial charge < -0.3 is 19.3 Å². The van der Waals surface area contributed by atoms with Crippen molar-refractivity contribution in [2.24, 2.45) is 0 Å². The van der Waals surface area contributed by atoms with Gasteiger partial charge in [-0.1, -0.05) is 25.5 Å². The van der Waals surface area contributed by atoms with E-state index in [0.29, 0.717) is 36.1 Å². The van der Waals surface area contributed by atoms with Crippen molar-refractivity contribution in [1.82, 2.24) is 9.47 Å². The summed E-state index contributed by atoms with van der Waals surface area (Å²) in [5.74, 6) is -1.77. The number of para-hydroxylation sites is 1. The Bertz CT molecular complexity index is 884. The fraction of sp³-hybridized carbons (Fsp3) is 0.421. The second-order valence-electron chi connectivity index (χ2n) is 6.39. The lowest BCUT2D eigenvalue weighted by Crippen LogP contribution is -2.39. The Morgan fingerprint density at radius 1 is 1.31 bits per heavy atom. The predicted molar refractivity (Wildman–Crippen MR) is 95.4 cm³/mol. The molecule has 2 heterocycles. The quantitative estimate of drug-likeness (QED) is 0.801. The summed E-state index contributed by atoms with van der Waals surface area (Å²) in [6, 6.07) is 4.97. The van der Waals surface area contributed by atoms with Crippen molar-refractivity contribution in [3.8, 4) is 0 Å². The zero-order valence-corrected chi connectivity index (χ0v) is 14.9. The first-order chi connectivity index (χ1) is 12.5. The molecule has 1 aliphatic heterocycles. The van der Waals surface area contributed by atoms with Gasteiger partial charge in [-0.15, -0.1) is 0 Å². The number of unbranched alkanes of at least 4 members (excludes halogenated alkanes) is 1. The van der Waals surface area contributed by atoms with E-state index >= 15 is 0 Å². The summed E-state index contributed by atoms with van der Waals surface area (Å²) in [7, 11) is 1.27. The molecule has 0 unspecified atom stereocenters. The van der Waals surface area contributed by atoms with Crippen LogP contribution in [0, 0.1) is 0 Å². The maximum Gasteiger partial charge on any atom is 0.337 e. The van der Waals surface area contributed by atoms with Gasteiger partial charge in [-0.05, 0) is 24.5 Å². The number of fused-ring (bicyclic) bond motifs is 3. The molecule has 0 atom stereocenters. The van der Waals surface area contributed by atoms with Gasteiger partial charge in [0.2, 0.25) is 0 Å². The van der Waals surface area contributed by atoms with E-state index in [2.05, 4.69) is 6.92 Å². The Labute approximate surface area is 151 Å². The van der Waals surface area contributed by atoms with Crippen LogP contribution in [-0.2, 0) is 22.5 Å². The second kappa shape index (κ2) is 7.19. The van der Waals surface area contributed by atoms with Crippen molar-refractivity contribution < 1.29 is 24.2 Å². The monoisotopic (exact) mass is 358 g/mol. The Morgan fingerprint density at radius 3 is 2.73 bits per heavy atom. The number of amides is 1. The standard InChI is InChI=1S/C19H22N2O5/c1-3-4-9-20-10-8-13-12-6-5-7-14(19(24)25)16(12)21(11-15(22)26-2)17(13)18(20)23/h5-7H,3-4,8-11H2,1-2H3,(H,24,25). The topological polar surface area (TPSA) is 88.8 Å². The van der Waals surface area contributed by atoms with Crippen LogP contribution >= 0.6 is 0 Å². The normalized spacial score (nSPS) is 13.8. The van der Waals surface area contributed by atoms with Crippen LogP contribution in [0.3, 0.4) is 0 Å². The summed E-state index contributed by atoms with van der Waals surface area (Å²) in [6.07, 6.45) is 2.52. The molecule has 0 aliphatic carbocycles. The van der Waals surface area contributed by atoms with Crippen LogP contribution in [0.1, 0.15) is 46.2 Å². The number of hydrogen-bond acceptors (Lipinski definition) is 4. The predicted octanol–water partition coefficient (Wildman–Crippen LogP) is 2.31. The van der Waals surface area contributed by atoms with Gasteiger partial charge in [-0.3, -0.25) is 9.59 Å². The number of ether oxygens (including phenoxy) is 1. The summed E-state index contributed by atoms with van der Waals surface area (Å²) in [6.45, 7) is 3.12. The molecule has 26 heavy (non-hydrogen) atoms. The molecule has 1 amide bonds. The van der Waals surface area contributed by atoms with Crippen molar-refractivity contribution in [2.75, 3.05) is 20.2 Å². The zero-order valence-electron chi connectivity index (χ0n) is 14.9. The van der Waals surface area contributed by atoms with Crippen LogP contribution in [0.2, 0.25) is 0 Å². The smallest absolute Gasteiger partial charge is 0.337 e. The van der Waals surface area contributed by atoms with E-state index in [1.807, 2.05) is 6.07 Å². The number of aromatic carboxylic acids is 1. The Kier molecular flexibility index (Phi) is 4.97. The molecule has 2 aromatic rings. The number of methoxy groups -OCH3 is 1. The van der Waals surface area contributed by atoms with Gasteiger partial charge in [0.25, 0.3) is 5.91 Å². The highest BCUT2D eigenvalue weighted by molar-refractivity contribution is 6.09. The van der Waals surface area contributed by atoms with Crippen LogP contribution < -0.4 is 0 Å². The number of esters is 1. The van der Waals surface area contributed by atoms with Gasteiger partial charge >= 0.3 is 11.9 Å². The van der Waals surface area contributed by atoms with Crippen molar-refractivity contribution in [3.05, 3.63) is 35.0 Å². The summed E-state index contributed by atoms with van der Waals surface area (Å²) in [5.41, 5.74) is 1.70. The molecule has 1 aromatic carbocycles. The third-order valence-electron chi connectivity index (χ3n) is 4.84. The minimum absolute atomic E-state index is 0.0775. The Hall–Kier alpha value is -2.83. The lowest BCUT2D eigenvalue weighted by atomic mass is 10.0. The van der Waals surface area contributed by atoms with Crippen molar-refractivity contribution in [1.29, 1.82) is 0 Å². The fourth-order valence-electron chi connectivity index (χ4n) is 3.56. The van der Waals surface area contributed by atoms with Crippen LogP contribution in [0.25, 0.3) is 10.9 Å². The molecule has 0 saturated carbocycles. The maximum absolute atomic E-state index is 13.1. The van der Waals surface area contributed by atoms with E-state index in [1.54, 1.807) is 11.0 Å². The van der Waals surface area contributed by atoms with Gasteiger partial charge in [0.15, 0.2) is 0 Å². The number of benzene rings is 1. The highest BCUT2D eigenvalue weighted by Crippen LogP contribution is 2.33. The van der Waals surface area contributed by atoms with Crippen molar-refractivity contribution in [2.45, 2.75) is 32.7 Å². The number of carbonyl (C=O) groups excluding carboxylic acids is 2. The molecule has 0 saturated heterocycles. The van der Waals surface area contributed by atoms with Gasteiger partial charge in [0.1, 0.15) is 12.2 Å². The molecule has 0 bridgehead atoms. The van der Waals surface area contributed by atoms with Crippen LogP contribution in [0.5, 0.6) is 0 Å². The van der Waals surface area contributed by atoms with E-state index in [-0.39, 0.29) is 18.0 Å². The van der Waals surface area contributed by atoms with Crippen LogP contribution in [-0.4, -0.2) is 52.6 Å². The summed E-state index contributed by atoms with van der Waals surface area (Å²) >= 11 is 0. The van der Waals surface area contributed by atoms with Crippen LogP contribution in [0.15, 0.2) is 18.2 Å². The summed E-state index contributed by atoms with van der Waals surface area (Å²) < 4.78 is 6.27. The molecule has 0 fully saturated rings. The minimum atomic E-state index is -1.09.